The van der Waals surface area contributed by atoms with Crippen molar-refractivity contribution in [2.45, 2.75) is 13.8 Å². The molecule has 0 unspecified atom stereocenters. The van der Waals surface area contributed by atoms with Crippen LogP contribution in [0.2, 0.25) is 0 Å². The summed E-state index contributed by atoms with van der Waals surface area (Å²) in [5, 5.41) is 8.88. The molecular formula is C16H16INO5S2. The predicted octanol–water partition coefficient (Wildman–Crippen LogP) is 3.37. The van der Waals surface area contributed by atoms with Crippen molar-refractivity contribution in [3.63, 3.8) is 0 Å². The number of thioether (sulfide) groups is 1. The number of carbonyl (C=O) groups excluding carboxylic acids is 1. The second kappa shape index (κ2) is 8.86. The molecule has 1 aromatic carbocycles. The molecule has 1 saturated heterocycles. The number of aliphatic carboxylic acids is 1. The molecule has 1 amide bonds. The first-order valence-electron chi connectivity index (χ1n) is 7.43. The van der Waals surface area contributed by atoms with Gasteiger partial charge in [0, 0.05) is 0 Å². The van der Waals surface area contributed by atoms with Gasteiger partial charge in [0.05, 0.1) is 21.7 Å². The Labute approximate surface area is 168 Å². The van der Waals surface area contributed by atoms with Crippen molar-refractivity contribution in [1.29, 1.82) is 0 Å². The number of benzene rings is 1. The fraction of sp³-hybridized carbons (Fsp3) is 0.312. The molecule has 2 rings (SSSR count). The lowest BCUT2D eigenvalue weighted by Crippen LogP contribution is -2.33. The van der Waals surface area contributed by atoms with Crippen LogP contribution in [0.1, 0.15) is 19.4 Å². The Morgan fingerprint density at radius 3 is 2.64 bits per heavy atom. The Hall–Kier alpha value is -1.33. The molecule has 25 heavy (non-hydrogen) atoms. The average Bonchev–Trinajstić information content (AvgIpc) is 2.78. The van der Waals surface area contributed by atoms with E-state index < -0.39 is 18.4 Å². The van der Waals surface area contributed by atoms with Gasteiger partial charge in [0.2, 0.25) is 0 Å². The lowest BCUT2D eigenvalue weighted by Gasteiger charge is -2.13. The van der Waals surface area contributed by atoms with Crippen molar-refractivity contribution in [2.24, 2.45) is 0 Å². The van der Waals surface area contributed by atoms with Crippen LogP contribution in [0.15, 0.2) is 17.0 Å². The zero-order valence-electron chi connectivity index (χ0n) is 13.6. The van der Waals surface area contributed by atoms with Gasteiger partial charge in [-0.3, -0.25) is 14.5 Å². The minimum Gasteiger partial charge on any atom is -0.490 e. The maximum absolute atomic E-state index is 12.3. The summed E-state index contributed by atoms with van der Waals surface area (Å²) in [4.78, 5) is 24.7. The fourth-order valence-corrected chi connectivity index (χ4v) is 4.18. The topological polar surface area (TPSA) is 76.1 Å². The third-order valence-electron chi connectivity index (χ3n) is 3.09. The molecule has 0 aliphatic carbocycles. The molecule has 1 aromatic rings. The fourth-order valence-electron chi connectivity index (χ4n) is 2.14. The van der Waals surface area contributed by atoms with Crippen LogP contribution in [0.3, 0.4) is 0 Å². The third-order valence-corrected chi connectivity index (χ3v) is 5.26. The molecule has 1 aliphatic rings. The minimum atomic E-state index is -1.10. The molecule has 0 atom stereocenters. The Morgan fingerprint density at radius 1 is 1.36 bits per heavy atom. The summed E-state index contributed by atoms with van der Waals surface area (Å²) in [6.45, 7) is 4.34. The summed E-state index contributed by atoms with van der Waals surface area (Å²) >= 11 is 8.34. The van der Waals surface area contributed by atoms with E-state index in [1.165, 1.54) is 0 Å². The highest BCUT2D eigenvalue weighted by atomic mass is 127. The van der Waals surface area contributed by atoms with Crippen molar-refractivity contribution in [1.82, 2.24) is 4.90 Å². The van der Waals surface area contributed by atoms with Crippen molar-refractivity contribution in [3.05, 3.63) is 26.2 Å². The van der Waals surface area contributed by atoms with Crippen LogP contribution >= 0.6 is 46.6 Å². The zero-order chi connectivity index (χ0) is 18.6. The van der Waals surface area contributed by atoms with Gasteiger partial charge >= 0.3 is 5.97 Å². The summed E-state index contributed by atoms with van der Waals surface area (Å²) in [5.74, 6) is -0.241. The molecule has 1 fully saturated rings. The third kappa shape index (κ3) is 4.85. The molecule has 1 heterocycles. The number of hydrogen-bond acceptors (Lipinski definition) is 6. The second-order valence-corrected chi connectivity index (χ2v) is 7.70. The van der Waals surface area contributed by atoms with Crippen molar-refractivity contribution >= 4 is 68.8 Å². The summed E-state index contributed by atoms with van der Waals surface area (Å²) in [6, 6.07) is 3.66. The van der Waals surface area contributed by atoms with Gasteiger partial charge < -0.3 is 14.6 Å². The summed E-state index contributed by atoms with van der Waals surface area (Å²) in [7, 11) is 0. The van der Waals surface area contributed by atoms with Gasteiger partial charge in [-0.1, -0.05) is 24.0 Å². The van der Waals surface area contributed by atoms with Crippen molar-refractivity contribution in [2.75, 3.05) is 19.8 Å². The van der Waals surface area contributed by atoms with E-state index in [-0.39, 0.29) is 4.32 Å². The highest BCUT2D eigenvalue weighted by Gasteiger charge is 2.33. The van der Waals surface area contributed by atoms with E-state index in [1.807, 2.05) is 19.9 Å². The SMILES string of the molecule is CCOc1cc(/C=C2/SC(=S)N(CC(=O)O)C2=O)cc(I)c1OCC. The number of thiocarbonyl (C=S) groups is 1. The molecule has 0 spiro atoms. The quantitative estimate of drug-likeness (QED) is 0.355. The van der Waals surface area contributed by atoms with Crippen LogP contribution in [0.5, 0.6) is 11.5 Å². The molecule has 9 heteroatoms. The summed E-state index contributed by atoms with van der Waals surface area (Å²) in [6.07, 6.45) is 1.68. The number of carboxylic acids is 1. The first kappa shape index (κ1) is 20.0. The van der Waals surface area contributed by atoms with E-state index in [0.717, 1.165) is 25.8 Å². The van der Waals surface area contributed by atoms with Crippen LogP contribution in [-0.2, 0) is 9.59 Å². The number of carboxylic acid groups (broad SMARTS) is 1. The van der Waals surface area contributed by atoms with Gasteiger partial charge in [0.15, 0.2) is 11.5 Å². The van der Waals surface area contributed by atoms with Crippen molar-refractivity contribution < 1.29 is 24.2 Å². The molecule has 1 N–H and O–H groups in total. The van der Waals surface area contributed by atoms with Crippen LogP contribution < -0.4 is 9.47 Å². The van der Waals surface area contributed by atoms with Gasteiger partial charge in [0.25, 0.3) is 5.91 Å². The predicted molar refractivity (Wildman–Crippen MR) is 109 cm³/mol. The molecule has 0 aromatic heterocycles. The zero-order valence-corrected chi connectivity index (χ0v) is 17.4. The Morgan fingerprint density at radius 2 is 2.04 bits per heavy atom. The lowest BCUT2D eigenvalue weighted by molar-refractivity contribution is -0.140. The Balaban J connectivity index is 2.36. The molecule has 134 valence electrons. The number of rotatable bonds is 7. The monoisotopic (exact) mass is 493 g/mol. The molecule has 0 saturated carbocycles. The van der Waals surface area contributed by atoms with Gasteiger partial charge in [-0.2, -0.15) is 0 Å². The average molecular weight is 493 g/mol. The second-order valence-electron chi connectivity index (χ2n) is 4.86. The standard InChI is InChI=1S/C16H16INO5S2/c1-3-22-11-6-9(5-10(17)14(11)23-4-2)7-12-15(21)18(8-13(19)20)16(24)25-12/h5-7H,3-4,8H2,1-2H3,(H,19,20)/b12-7+. The van der Waals surface area contributed by atoms with Gasteiger partial charge in [-0.25, -0.2) is 0 Å². The molecular weight excluding hydrogens is 477 g/mol. The van der Waals surface area contributed by atoms with E-state index in [1.54, 1.807) is 12.1 Å². The van der Waals surface area contributed by atoms with Crippen LogP contribution in [0.25, 0.3) is 6.08 Å². The van der Waals surface area contributed by atoms with E-state index >= 15 is 0 Å². The first-order valence-corrected chi connectivity index (χ1v) is 9.74. The summed E-state index contributed by atoms with van der Waals surface area (Å²) < 4.78 is 12.4. The molecule has 0 radical (unpaired) electrons. The van der Waals surface area contributed by atoms with Gasteiger partial charge in [-0.05, 0) is 60.2 Å². The first-order chi connectivity index (χ1) is 11.9. The Kier molecular flexibility index (Phi) is 7.08. The lowest BCUT2D eigenvalue weighted by atomic mass is 10.2. The highest BCUT2D eigenvalue weighted by molar-refractivity contribution is 14.1. The van der Waals surface area contributed by atoms with Crippen LogP contribution in [0, 0.1) is 3.57 Å². The molecule has 1 aliphatic heterocycles. The normalized spacial score (nSPS) is 15.8. The number of amides is 1. The number of nitrogens with zero attached hydrogens (tertiary/aromatic N) is 1. The van der Waals surface area contributed by atoms with E-state index in [9.17, 15) is 9.59 Å². The number of ether oxygens (including phenoxy) is 2. The number of halogens is 1. The smallest absolute Gasteiger partial charge is 0.323 e. The maximum atomic E-state index is 12.3. The van der Waals surface area contributed by atoms with Crippen molar-refractivity contribution in [3.8, 4) is 11.5 Å². The number of hydrogen-bond donors (Lipinski definition) is 1. The maximum Gasteiger partial charge on any atom is 0.323 e. The van der Waals surface area contributed by atoms with E-state index in [4.69, 9.17) is 26.8 Å². The largest absolute Gasteiger partial charge is 0.490 e. The molecule has 6 nitrogen and oxygen atoms in total. The Bertz CT molecular complexity index is 750. The molecule has 0 bridgehead atoms. The minimum absolute atomic E-state index is 0.240. The number of carbonyl (C=O) groups is 2. The van der Waals surface area contributed by atoms with E-state index in [2.05, 4.69) is 22.6 Å². The highest BCUT2D eigenvalue weighted by Crippen LogP contribution is 2.37. The van der Waals surface area contributed by atoms with Crippen LogP contribution in [-0.4, -0.2) is 46.0 Å². The summed E-state index contributed by atoms with van der Waals surface area (Å²) in [5.41, 5.74) is 0.757. The van der Waals surface area contributed by atoms with E-state index in [0.29, 0.717) is 29.6 Å². The van der Waals surface area contributed by atoms with Crippen LogP contribution in [0.4, 0.5) is 0 Å². The van der Waals surface area contributed by atoms with Gasteiger partial charge in [0.1, 0.15) is 10.9 Å². The van der Waals surface area contributed by atoms with Gasteiger partial charge in [-0.15, -0.1) is 0 Å².